The van der Waals surface area contributed by atoms with Crippen molar-refractivity contribution in [3.8, 4) is 5.75 Å². The lowest BCUT2D eigenvalue weighted by molar-refractivity contribution is 0.309. The van der Waals surface area contributed by atoms with Crippen LogP contribution in [0.25, 0.3) is 0 Å². The van der Waals surface area contributed by atoms with Crippen LogP contribution in [0.3, 0.4) is 0 Å². The van der Waals surface area contributed by atoms with Crippen LogP contribution in [0.1, 0.15) is 12.0 Å². The quantitative estimate of drug-likeness (QED) is 0.803. The van der Waals surface area contributed by atoms with Crippen LogP contribution < -0.4 is 16.0 Å². The molecule has 0 spiro atoms. The number of nitrogens with two attached hydrogens (primary N) is 1. The second-order valence-corrected chi connectivity index (χ2v) is 5.33. The highest BCUT2D eigenvalue weighted by atomic mass is 79.9. The first-order valence-corrected chi connectivity index (χ1v) is 7.23. The number of hydrogen-bond donors (Lipinski definition) is 1. The van der Waals surface area contributed by atoms with Gasteiger partial charge >= 0.3 is 0 Å². The van der Waals surface area contributed by atoms with Gasteiger partial charge in [-0.25, -0.2) is 9.07 Å². The summed E-state index contributed by atoms with van der Waals surface area (Å²) in [7, 11) is 0. The minimum Gasteiger partial charge on any atom is -0.492 e. The molecule has 0 aliphatic carbocycles. The molecular weight excluding hydrogens is 341 g/mol. The van der Waals surface area contributed by atoms with E-state index in [4.69, 9.17) is 10.5 Å². The average Bonchev–Trinajstić information content (AvgIpc) is 2.46. The summed E-state index contributed by atoms with van der Waals surface area (Å²) in [6.45, 7) is 1.02. The molecule has 0 fully saturated rings. The van der Waals surface area contributed by atoms with E-state index >= 15 is 0 Å². The van der Waals surface area contributed by atoms with Crippen molar-refractivity contribution >= 4 is 15.9 Å². The van der Waals surface area contributed by atoms with Crippen molar-refractivity contribution < 1.29 is 9.13 Å². The number of halogens is 2. The van der Waals surface area contributed by atoms with Gasteiger partial charge in [0.2, 0.25) is 0 Å². The smallest absolute Gasteiger partial charge is 0.270 e. The standard InChI is InChI=1S/C14H15BrFN3O2/c15-11-2-3-13(16)10(6-11)9-19-14(20)7-12(8-18-19)21-5-1-4-17/h2-3,6-8H,1,4-5,9,17H2. The fraction of sp³-hybridized carbons (Fsp3) is 0.286. The molecule has 1 aromatic carbocycles. The van der Waals surface area contributed by atoms with Crippen LogP contribution >= 0.6 is 15.9 Å². The van der Waals surface area contributed by atoms with Gasteiger partial charge in [-0.15, -0.1) is 0 Å². The van der Waals surface area contributed by atoms with E-state index in [2.05, 4.69) is 21.0 Å². The Hall–Kier alpha value is -1.73. The molecule has 0 bridgehead atoms. The predicted molar refractivity (Wildman–Crippen MR) is 80.9 cm³/mol. The van der Waals surface area contributed by atoms with Crippen molar-refractivity contribution in [1.29, 1.82) is 0 Å². The Morgan fingerprint density at radius 3 is 2.90 bits per heavy atom. The molecule has 0 unspecified atom stereocenters. The molecule has 0 amide bonds. The highest BCUT2D eigenvalue weighted by molar-refractivity contribution is 9.10. The number of ether oxygens (including phenoxy) is 1. The van der Waals surface area contributed by atoms with Crippen molar-refractivity contribution in [1.82, 2.24) is 9.78 Å². The first-order chi connectivity index (χ1) is 10.1. The van der Waals surface area contributed by atoms with E-state index in [9.17, 15) is 9.18 Å². The Labute approximate surface area is 129 Å². The van der Waals surface area contributed by atoms with E-state index in [1.165, 1.54) is 23.0 Å². The molecule has 7 heteroatoms. The Morgan fingerprint density at radius 2 is 2.19 bits per heavy atom. The Morgan fingerprint density at radius 1 is 1.38 bits per heavy atom. The van der Waals surface area contributed by atoms with E-state index in [1.807, 2.05) is 0 Å². The molecule has 0 aliphatic heterocycles. The zero-order valence-corrected chi connectivity index (χ0v) is 12.8. The number of hydrogen-bond acceptors (Lipinski definition) is 4. The van der Waals surface area contributed by atoms with E-state index < -0.39 is 0 Å². The molecule has 0 saturated carbocycles. The van der Waals surface area contributed by atoms with Gasteiger partial charge in [-0.05, 0) is 31.2 Å². The van der Waals surface area contributed by atoms with Gasteiger partial charge in [-0.2, -0.15) is 5.10 Å². The van der Waals surface area contributed by atoms with Gasteiger partial charge in [0, 0.05) is 16.1 Å². The summed E-state index contributed by atoms with van der Waals surface area (Å²) in [6, 6.07) is 5.90. The SMILES string of the molecule is NCCCOc1cnn(Cc2cc(Br)ccc2F)c(=O)c1. The van der Waals surface area contributed by atoms with Crippen molar-refractivity contribution in [3.63, 3.8) is 0 Å². The Bertz CT molecular complexity index is 676. The fourth-order valence-corrected chi connectivity index (χ4v) is 2.12. The Kier molecular flexibility index (Phi) is 5.46. The summed E-state index contributed by atoms with van der Waals surface area (Å²) < 4.78 is 20.9. The first-order valence-electron chi connectivity index (χ1n) is 6.44. The molecule has 0 radical (unpaired) electrons. The van der Waals surface area contributed by atoms with Crippen LogP contribution in [0, 0.1) is 5.82 Å². The third kappa shape index (κ3) is 4.37. The maximum atomic E-state index is 13.7. The van der Waals surface area contributed by atoms with Gasteiger partial charge in [0.05, 0.1) is 19.3 Å². The molecule has 1 aromatic heterocycles. The van der Waals surface area contributed by atoms with Crippen molar-refractivity contribution in [2.75, 3.05) is 13.2 Å². The lowest BCUT2D eigenvalue weighted by Gasteiger charge is -2.08. The van der Waals surface area contributed by atoms with Gasteiger partial charge in [0.15, 0.2) is 0 Å². The monoisotopic (exact) mass is 355 g/mol. The van der Waals surface area contributed by atoms with Gasteiger partial charge in [0.25, 0.3) is 5.56 Å². The minimum absolute atomic E-state index is 0.0627. The lowest BCUT2D eigenvalue weighted by atomic mass is 10.2. The van der Waals surface area contributed by atoms with Crippen LogP contribution in [0.5, 0.6) is 5.75 Å². The van der Waals surface area contributed by atoms with E-state index in [0.717, 1.165) is 4.47 Å². The molecule has 2 rings (SSSR count). The van der Waals surface area contributed by atoms with Crippen LogP contribution in [0.4, 0.5) is 4.39 Å². The molecule has 112 valence electrons. The molecule has 21 heavy (non-hydrogen) atoms. The molecule has 2 N–H and O–H groups in total. The molecule has 0 aliphatic rings. The molecule has 0 saturated heterocycles. The normalized spacial score (nSPS) is 10.6. The fourth-order valence-electron chi connectivity index (χ4n) is 1.71. The summed E-state index contributed by atoms with van der Waals surface area (Å²) >= 11 is 3.27. The minimum atomic E-state index is -0.379. The molecular formula is C14H15BrFN3O2. The average molecular weight is 356 g/mol. The predicted octanol–water partition coefficient (Wildman–Crippen LogP) is 1.92. The maximum absolute atomic E-state index is 13.7. The molecule has 5 nitrogen and oxygen atoms in total. The number of nitrogens with zero attached hydrogens (tertiary/aromatic N) is 2. The summed E-state index contributed by atoms with van der Waals surface area (Å²) in [5.74, 6) is 0.00888. The molecule has 0 atom stereocenters. The number of benzene rings is 1. The summed E-state index contributed by atoms with van der Waals surface area (Å²) in [5, 5.41) is 3.99. The van der Waals surface area contributed by atoms with E-state index in [0.29, 0.717) is 30.9 Å². The zero-order valence-electron chi connectivity index (χ0n) is 11.3. The van der Waals surface area contributed by atoms with Crippen LogP contribution in [0.15, 0.2) is 39.7 Å². The van der Waals surface area contributed by atoms with Crippen LogP contribution in [-0.4, -0.2) is 22.9 Å². The Balaban J connectivity index is 2.14. The molecule has 1 heterocycles. The van der Waals surface area contributed by atoms with Gasteiger partial charge in [-0.3, -0.25) is 4.79 Å². The topological polar surface area (TPSA) is 70.1 Å². The summed E-state index contributed by atoms with van der Waals surface area (Å²) in [5.41, 5.74) is 5.40. The second kappa shape index (κ2) is 7.33. The second-order valence-electron chi connectivity index (χ2n) is 4.41. The summed E-state index contributed by atoms with van der Waals surface area (Å²) in [6.07, 6.45) is 2.14. The highest BCUT2D eigenvalue weighted by Crippen LogP contribution is 2.16. The number of aromatic nitrogens is 2. The molecule has 2 aromatic rings. The van der Waals surface area contributed by atoms with Crippen LogP contribution in [-0.2, 0) is 6.54 Å². The van der Waals surface area contributed by atoms with Gasteiger partial charge in [0.1, 0.15) is 11.6 Å². The lowest BCUT2D eigenvalue weighted by Crippen LogP contribution is -2.23. The third-order valence-corrected chi connectivity index (χ3v) is 3.28. The van der Waals surface area contributed by atoms with E-state index in [-0.39, 0.29) is 17.9 Å². The van der Waals surface area contributed by atoms with Crippen molar-refractivity contribution in [3.05, 3.63) is 56.7 Å². The number of rotatable bonds is 6. The van der Waals surface area contributed by atoms with Crippen molar-refractivity contribution in [2.24, 2.45) is 5.73 Å². The largest absolute Gasteiger partial charge is 0.492 e. The highest BCUT2D eigenvalue weighted by Gasteiger charge is 2.07. The summed E-state index contributed by atoms with van der Waals surface area (Å²) in [4.78, 5) is 11.9. The first kappa shape index (κ1) is 15.7. The zero-order chi connectivity index (χ0) is 15.2. The van der Waals surface area contributed by atoms with E-state index in [1.54, 1.807) is 12.1 Å². The maximum Gasteiger partial charge on any atom is 0.270 e. The van der Waals surface area contributed by atoms with Gasteiger partial charge < -0.3 is 10.5 Å². The van der Waals surface area contributed by atoms with Crippen LogP contribution in [0.2, 0.25) is 0 Å². The van der Waals surface area contributed by atoms with Gasteiger partial charge in [-0.1, -0.05) is 15.9 Å². The third-order valence-electron chi connectivity index (χ3n) is 2.79. The van der Waals surface area contributed by atoms with Crippen molar-refractivity contribution in [2.45, 2.75) is 13.0 Å².